The summed E-state index contributed by atoms with van der Waals surface area (Å²) in [7, 11) is 0. The predicted octanol–water partition coefficient (Wildman–Crippen LogP) is 1.95. The van der Waals surface area contributed by atoms with Crippen LogP contribution in [-0.2, 0) is 4.79 Å². The van der Waals surface area contributed by atoms with Gasteiger partial charge in [0.2, 0.25) is 5.91 Å². The maximum Gasteiger partial charge on any atom is 0.220 e. The first kappa shape index (κ1) is 12.5. The first-order chi connectivity index (χ1) is 6.97. The normalized spacial score (nSPS) is 18.9. The van der Waals surface area contributed by atoms with E-state index in [0.717, 1.165) is 19.3 Å². The van der Waals surface area contributed by atoms with Crippen LogP contribution in [-0.4, -0.2) is 17.5 Å². The minimum absolute atomic E-state index is 0.167. The van der Waals surface area contributed by atoms with E-state index in [9.17, 15) is 4.79 Å². The molecule has 1 rings (SSSR count). The summed E-state index contributed by atoms with van der Waals surface area (Å²) in [5.41, 5.74) is 5.60. The molecule has 1 aliphatic rings. The second kappa shape index (κ2) is 5.50. The van der Waals surface area contributed by atoms with Gasteiger partial charge in [0.25, 0.3) is 0 Å². The lowest BCUT2D eigenvalue weighted by Crippen LogP contribution is -2.38. The number of nitrogens with two attached hydrogens (primary N) is 1. The monoisotopic (exact) mass is 212 g/mol. The van der Waals surface area contributed by atoms with Gasteiger partial charge in [0.1, 0.15) is 0 Å². The Morgan fingerprint density at radius 3 is 2.47 bits per heavy atom. The van der Waals surface area contributed by atoms with E-state index in [4.69, 9.17) is 5.73 Å². The highest BCUT2D eigenvalue weighted by Gasteiger charge is 2.17. The molecule has 0 aromatic carbocycles. The van der Waals surface area contributed by atoms with Gasteiger partial charge < -0.3 is 11.1 Å². The van der Waals surface area contributed by atoms with Crippen LogP contribution in [0.2, 0.25) is 0 Å². The van der Waals surface area contributed by atoms with Crippen molar-refractivity contribution in [2.24, 2.45) is 5.73 Å². The molecule has 3 N–H and O–H groups in total. The van der Waals surface area contributed by atoms with E-state index in [-0.39, 0.29) is 11.4 Å². The Bertz CT molecular complexity index is 202. The number of amides is 1. The molecule has 0 atom stereocenters. The van der Waals surface area contributed by atoms with Gasteiger partial charge in [-0.1, -0.05) is 19.3 Å². The number of nitrogens with one attached hydrogen (secondary N) is 1. The fraction of sp³-hybridized carbons (Fsp3) is 0.917. The highest BCUT2D eigenvalue weighted by atomic mass is 16.1. The molecule has 88 valence electrons. The molecule has 15 heavy (non-hydrogen) atoms. The fourth-order valence-corrected chi connectivity index (χ4v) is 1.98. The van der Waals surface area contributed by atoms with Gasteiger partial charge in [0.15, 0.2) is 0 Å². The molecule has 3 heteroatoms. The second-order valence-corrected chi connectivity index (χ2v) is 5.39. The van der Waals surface area contributed by atoms with Crippen LogP contribution in [0.4, 0.5) is 0 Å². The second-order valence-electron chi connectivity index (χ2n) is 5.39. The lowest BCUT2D eigenvalue weighted by atomic mass is 9.95. The van der Waals surface area contributed by atoms with Crippen LogP contribution in [0.25, 0.3) is 0 Å². The number of rotatable bonds is 4. The molecule has 0 heterocycles. The highest BCUT2D eigenvalue weighted by molar-refractivity contribution is 5.76. The Morgan fingerprint density at radius 1 is 1.33 bits per heavy atom. The van der Waals surface area contributed by atoms with Crippen LogP contribution in [0, 0.1) is 0 Å². The zero-order valence-corrected chi connectivity index (χ0v) is 10.0. The Hall–Kier alpha value is -0.570. The summed E-state index contributed by atoms with van der Waals surface area (Å²) in [6.07, 6.45) is 7.45. The zero-order valence-electron chi connectivity index (χ0n) is 10.0. The molecule has 0 aromatic heterocycles. The van der Waals surface area contributed by atoms with Crippen molar-refractivity contribution in [2.45, 2.75) is 70.4 Å². The lowest BCUT2D eigenvalue weighted by Gasteiger charge is -2.24. The molecule has 0 aliphatic heterocycles. The Morgan fingerprint density at radius 2 is 1.93 bits per heavy atom. The molecular formula is C12H24N2O. The number of carbonyl (C=O) groups excluding carboxylic acids is 1. The average molecular weight is 212 g/mol. The third-order valence-corrected chi connectivity index (χ3v) is 2.97. The third kappa shape index (κ3) is 5.78. The molecule has 1 amide bonds. The van der Waals surface area contributed by atoms with Crippen LogP contribution in [0.1, 0.15) is 58.8 Å². The quantitative estimate of drug-likeness (QED) is 0.748. The van der Waals surface area contributed by atoms with E-state index in [1.807, 2.05) is 13.8 Å². The van der Waals surface area contributed by atoms with Gasteiger partial charge in [-0.3, -0.25) is 4.79 Å². The van der Waals surface area contributed by atoms with Gasteiger partial charge >= 0.3 is 0 Å². The SMILES string of the molecule is CC(C)(N)CCC(=O)NC1CCCCC1. The number of hydrogen-bond donors (Lipinski definition) is 2. The molecule has 1 fully saturated rings. The largest absolute Gasteiger partial charge is 0.353 e. The van der Waals surface area contributed by atoms with E-state index in [1.54, 1.807) is 0 Å². The first-order valence-corrected chi connectivity index (χ1v) is 6.06. The molecule has 0 radical (unpaired) electrons. The van der Waals surface area contributed by atoms with Gasteiger partial charge in [-0.25, -0.2) is 0 Å². The molecule has 0 spiro atoms. The number of carbonyl (C=O) groups is 1. The van der Waals surface area contributed by atoms with Crippen molar-refractivity contribution in [1.29, 1.82) is 0 Å². The van der Waals surface area contributed by atoms with E-state index < -0.39 is 0 Å². The minimum Gasteiger partial charge on any atom is -0.353 e. The summed E-state index contributed by atoms with van der Waals surface area (Å²) < 4.78 is 0. The smallest absolute Gasteiger partial charge is 0.220 e. The van der Waals surface area contributed by atoms with E-state index >= 15 is 0 Å². The lowest BCUT2D eigenvalue weighted by molar-refractivity contribution is -0.122. The van der Waals surface area contributed by atoms with E-state index in [1.165, 1.54) is 19.3 Å². The topological polar surface area (TPSA) is 55.1 Å². The zero-order chi connectivity index (χ0) is 11.3. The van der Waals surface area contributed by atoms with Gasteiger partial charge in [0.05, 0.1) is 0 Å². The van der Waals surface area contributed by atoms with Crippen LogP contribution in [0.3, 0.4) is 0 Å². The van der Waals surface area contributed by atoms with Crippen molar-refractivity contribution < 1.29 is 4.79 Å². The van der Waals surface area contributed by atoms with E-state index in [2.05, 4.69) is 5.32 Å². The molecule has 1 aliphatic carbocycles. The summed E-state index contributed by atoms with van der Waals surface area (Å²) in [5.74, 6) is 0.167. The minimum atomic E-state index is -0.232. The summed E-state index contributed by atoms with van der Waals surface area (Å²) in [6, 6.07) is 0.423. The van der Waals surface area contributed by atoms with Crippen molar-refractivity contribution in [3.8, 4) is 0 Å². The third-order valence-electron chi connectivity index (χ3n) is 2.97. The predicted molar refractivity (Wildman–Crippen MR) is 62.5 cm³/mol. The Kier molecular flexibility index (Phi) is 4.58. The molecule has 0 bridgehead atoms. The van der Waals surface area contributed by atoms with Crippen LogP contribution in [0.15, 0.2) is 0 Å². The van der Waals surface area contributed by atoms with Crippen molar-refractivity contribution >= 4 is 5.91 Å². The van der Waals surface area contributed by atoms with Gasteiger partial charge in [-0.2, -0.15) is 0 Å². The van der Waals surface area contributed by atoms with Crippen molar-refractivity contribution in [3.63, 3.8) is 0 Å². The molecular weight excluding hydrogens is 188 g/mol. The van der Waals surface area contributed by atoms with Gasteiger partial charge in [-0.05, 0) is 33.1 Å². The van der Waals surface area contributed by atoms with Crippen molar-refractivity contribution in [2.75, 3.05) is 0 Å². The molecule has 0 saturated heterocycles. The van der Waals surface area contributed by atoms with Gasteiger partial charge in [-0.15, -0.1) is 0 Å². The summed E-state index contributed by atoms with van der Waals surface area (Å²) in [4.78, 5) is 11.6. The molecule has 3 nitrogen and oxygen atoms in total. The van der Waals surface area contributed by atoms with Crippen LogP contribution >= 0.6 is 0 Å². The average Bonchev–Trinajstić information content (AvgIpc) is 2.15. The fourth-order valence-electron chi connectivity index (χ4n) is 1.98. The Labute approximate surface area is 92.8 Å². The summed E-state index contributed by atoms with van der Waals surface area (Å²) >= 11 is 0. The van der Waals surface area contributed by atoms with E-state index in [0.29, 0.717) is 12.5 Å². The summed E-state index contributed by atoms with van der Waals surface area (Å²) in [6.45, 7) is 3.92. The summed E-state index contributed by atoms with van der Waals surface area (Å²) in [5, 5.41) is 3.10. The van der Waals surface area contributed by atoms with Crippen LogP contribution in [0.5, 0.6) is 0 Å². The molecule has 0 unspecified atom stereocenters. The number of hydrogen-bond acceptors (Lipinski definition) is 2. The Balaban J connectivity index is 2.17. The first-order valence-electron chi connectivity index (χ1n) is 6.06. The molecule has 1 saturated carbocycles. The standard InChI is InChI=1S/C12H24N2O/c1-12(2,13)9-8-11(15)14-10-6-4-3-5-7-10/h10H,3-9,13H2,1-2H3,(H,14,15). The van der Waals surface area contributed by atoms with Crippen LogP contribution < -0.4 is 11.1 Å². The maximum atomic E-state index is 11.6. The maximum absolute atomic E-state index is 11.6. The van der Waals surface area contributed by atoms with Gasteiger partial charge in [0, 0.05) is 18.0 Å². The van der Waals surface area contributed by atoms with Crippen molar-refractivity contribution in [1.82, 2.24) is 5.32 Å². The molecule has 0 aromatic rings. The van der Waals surface area contributed by atoms with Crippen molar-refractivity contribution in [3.05, 3.63) is 0 Å². The highest BCUT2D eigenvalue weighted by Crippen LogP contribution is 2.17.